The van der Waals surface area contributed by atoms with Crippen LogP contribution >= 0.6 is 0 Å². The molecular weight excluding hydrogens is 332 g/mol. The molecular formula is C20H20N2O4. The lowest BCUT2D eigenvalue weighted by molar-refractivity contribution is -0.148. The van der Waals surface area contributed by atoms with Crippen molar-refractivity contribution >= 4 is 5.97 Å². The second-order valence-electron chi connectivity index (χ2n) is 5.68. The van der Waals surface area contributed by atoms with E-state index in [1.165, 1.54) is 5.56 Å². The Morgan fingerprint density at radius 3 is 2.62 bits per heavy atom. The number of aryl methyl sites for hydroxylation is 1. The van der Waals surface area contributed by atoms with E-state index in [2.05, 4.69) is 22.3 Å². The molecule has 6 nitrogen and oxygen atoms in total. The summed E-state index contributed by atoms with van der Waals surface area (Å²) in [5, 5.41) is 3.75. The standard InChI is InChI=1S/C20H20N2O4/c1-2-18-21-19(26-22-18)13-25-20(23)14-24-17-11-7-6-10-16(17)12-15-8-4-3-5-9-15/h3-11H,2,12-14H2,1H3. The number of nitrogens with zero attached hydrogens (tertiary/aromatic N) is 2. The maximum atomic E-state index is 11.9. The zero-order valence-corrected chi connectivity index (χ0v) is 14.6. The van der Waals surface area contributed by atoms with Gasteiger partial charge in [-0.2, -0.15) is 4.98 Å². The molecule has 6 heteroatoms. The number of carbonyl (C=O) groups excluding carboxylic acids is 1. The first-order valence-electron chi connectivity index (χ1n) is 8.46. The molecule has 3 rings (SSSR count). The van der Waals surface area contributed by atoms with Gasteiger partial charge < -0.3 is 14.0 Å². The van der Waals surface area contributed by atoms with Crippen LogP contribution in [0.4, 0.5) is 0 Å². The van der Waals surface area contributed by atoms with Crippen LogP contribution in [0.25, 0.3) is 0 Å². The smallest absolute Gasteiger partial charge is 0.344 e. The Morgan fingerprint density at radius 1 is 1.08 bits per heavy atom. The molecule has 0 unspecified atom stereocenters. The van der Waals surface area contributed by atoms with E-state index in [0.29, 0.717) is 18.0 Å². The van der Waals surface area contributed by atoms with Crippen molar-refractivity contribution in [1.82, 2.24) is 10.1 Å². The van der Waals surface area contributed by atoms with Crippen LogP contribution in [-0.4, -0.2) is 22.7 Å². The normalized spacial score (nSPS) is 10.5. The molecule has 0 aliphatic heterocycles. The maximum Gasteiger partial charge on any atom is 0.344 e. The van der Waals surface area contributed by atoms with Gasteiger partial charge in [-0.15, -0.1) is 0 Å². The van der Waals surface area contributed by atoms with Gasteiger partial charge in [0.1, 0.15) is 5.75 Å². The lowest BCUT2D eigenvalue weighted by Gasteiger charge is -2.11. The van der Waals surface area contributed by atoms with Gasteiger partial charge in [0.15, 0.2) is 19.0 Å². The molecule has 134 valence electrons. The van der Waals surface area contributed by atoms with Gasteiger partial charge in [0.25, 0.3) is 5.89 Å². The SMILES string of the molecule is CCc1noc(COC(=O)COc2ccccc2Cc2ccccc2)n1. The molecule has 3 aromatic rings. The predicted octanol–water partition coefficient (Wildman–Crippen LogP) is 3.35. The second kappa shape index (κ2) is 8.80. The van der Waals surface area contributed by atoms with Crippen LogP contribution < -0.4 is 4.74 Å². The van der Waals surface area contributed by atoms with E-state index >= 15 is 0 Å². The summed E-state index contributed by atoms with van der Waals surface area (Å²) in [6, 6.07) is 17.7. The fraction of sp³-hybridized carbons (Fsp3) is 0.250. The number of para-hydroxylation sites is 1. The zero-order valence-electron chi connectivity index (χ0n) is 14.6. The van der Waals surface area contributed by atoms with Crippen LogP contribution in [0.3, 0.4) is 0 Å². The summed E-state index contributed by atoms with van der Waals surface area (Å²) in [6.45, 7) is 1.68. The number of benzene rings is 2. The summed E-state index contributed by atoms with van der Waals surface area (Å²) in [5.41, 5.74) is 2.19. The third-order valence-electron chi connectivity index (χ3n) is 3.74. The molecule has 0 saturated carbocycles. The summed E-state index contributed by atoms with van der Waals surface area (Å²) < 4.78 is 15.7. The number of hydrogen-bond acceptors (Lipinski definition) is 6. The van der Waals surface area contributed by atoms with Crippen molar-refractivity contribution in [1.29, 1.82) is 0 Å². The Bertz CT molecular complexity index is 846. The number of rotatable bonds is 8. The number of hydrogen-bond donors (Lipinski definition) is 0. The molecule has 0 fully saturated rings. The highest BCUT2D eigenvalue weighted by molar-refractivity contribution is 5.71. The van der Waals surface area contributed by atoms with Crippen LogP contribution in [0.5, 0.6) is 5.75 Å². The molecule has 0 bridgehead atoms. The van der Waals surface area contributed by atoms with Crippen molar-refractivity contribution in [3.63, 3.8) is 0 Å². The fourth-order valence-corrected chi connectivity index (χ4v) is 2.42. The van der Waals surface area contributed by atoms with Crippen molar-refractivity contribution in [3.8, 4) is 5.75 Å². The molecule has 0 aliphatic carbocycles. The molecule has 0 aliphatic rings. The minimum atomic E-state index is -0.490. The van der Waals surface area contributed by atoms with E-state index in [0.717, 1.165) is 12.0 Å². The molecule has 0 N–H and O–H groups in total. The van der Waals surface area contributed by atoms with E-state index in [-0.39, 0.29) is 19.1 Å². The van der Waals surface area contributed by atoms with Crippen LogP contribution in [0.1, 0.15) is 29.8 Å². The Morgan fingerprint density at radius 2 is 1.85 bits per heavy atom. The Balaban J connectivity index is 1.53. The van der Waals surface area contributed by atoms with Crippen molar-refractivity contribution < 1.29 is 18.8 Å². The fourth-order valence-electron chi connectivity index (χ4n) is 2.42. The van der Waals surface area contributed by atoms with E-state index < -0.39 is 5.97 Å². The average Bonchev–Trinajstić information content (AvgIpc) is 3.15. The summed E-state index contributed by atoms with van der Waals surface area (Å²) in [4.78, 5) is 16.0. The summed E-state index contributed by atoms with van der Waals surface area (Å²) >= 11 is 0. The van der Waals surface area contributed by atoms with Gasteiger partial charge in [-0.1, -0.05) is 60.6 Å². The molecule has 1 heterocycles. The number of ether oxygens (including phenoxy) is 2. The molecule has 26 heavy (non-hydrogen) atoms. The van der Waals surface area contributed by atoms with Crippen molar-refractivity contribution in [2.75, 3.05) is 6.61 Å². The topological polar surface area (TPSA) is 74.5 Å². The molecule has 0 radical (unpaired) electrons. The first kappa shape index (κ1) is 17.7. The Kier molecular flexibility index (Phi) is 5.98. The molecule has 0 atom stereocenters. The van der Waals surface area contributed by atoms with E-state index in [1.807, 2.05) is 49.4 Å². The van der Waals surface area contributed by atoms with Crippen LogP contribution in [0.2, 0.25) is 0 Å². The van der Waals surface area contributed by atoms with Crippen LogP contribution in [0, 0.1) is 0 Å². The third-order valence-corrected chi connectivity index (χ3v) is 3.74. The van der Waals surface area contributed by atoms with Gasteiger partial charge in [-0.3, -0.25) is 0 Å². The number of aromatic nitrogens is 2. The van der Waals surface area contributed by atoms with Gasteiger partial charge >= 0.3 is 5.97 Å². The molecule has 2 aromatic carbocycles. The zero-order chi connectivity index (χ0) is 18.2. The van der Waals surface area contributed by atoms with Gasteiger partial charge in [-0.05, 0) is 17.2 Å². The van der Waals surface area contributed by atoms with E-state index in [4.69, 9.17) is 14.0 Å². The van der Waals surface area contributed by atoms with Crippen molar-refractivity contribution in [2.45, 2.75) is 26.4 Å². The molecule has 0 saturated heterocycles. The lowest BCUT2D eigenvalue weighted by atomic mass is 10.0. The molecule has 0 spiro atoms. The van der Waals surface area contributed by atoms with E-state index in [1.54, 1.807) is 0 Å². The van der Waals surface area contributed by atoms with Gasteiger partial charge in [0, 0.05) is 12.8 Å². The highest BCUT2D eigenvalue weighted by Gasteiger charge is 2.11. The van der Waals surface area contributed by atoms with Crippen LogP contribution in [0.15, 0.2) is 59.1 Å². The molecule has 1 aromatic heterocycles. The number of esters is 1. The minimum Gasteiger partial charge on any atom is -0.482 e. The first-order chi connectivity index (χ1) is 12.7. The van der Waals surface area contributed by atoms with Gasteiger partial charge in [-0.25, -0.2) is 4.79 Å². The van der Waals surface area contributed by atoms with E-state index in [9.17, 15) is 4.79 Å². The minimum absolute atomic E-state index is 0.0547. The first-order valence-corrected chi connectivity index (χ1v) is 8.46. The van der Waals surface area contributed by atoms with Crippen molar-refractivity contribution in [3.05, 3.63) is 77.4 Å². The Hall–Kier alpha value is -3.15. The summed E-state index contributed by atoms with van der Waals surface area (Å²) in [5.74, 6) is 1.04. The second-order valence-corrected chi connectivity index (χ2v) is 5.68. The average molecular weight is 352 g/mol. The Labute approximate surface area is 151 Å². The van der Waals surface area contributed by atoms with Gasteiger partial charge in [0.2, 0.25) is 0 Å². The van der Waals surface area contributed by atoms with Crippen LogP contribution in [-0.2, 0) is 29.0 Å². The monoisotopic (exact) mass is 352 g/mol. The third kappa shape index (κ3) is 4.92. The summed E-state index contributed by atoms with van der Waals surface area (Å²) in [6.07, 6.45) is 1.40. The highest BCUT2D eigenvalue weighted by atomic mass is 16.6. The quantitative estimate of drug-likeness (QED) is 0.579. The predicted molar refractivity (Wildman–Crippen MR) is 94.7 cm³/mol. The largest absolute Gasteiger partial charge is 0.482 e. The molecule has 0 amide bonds. The van der Waals surface area contributed by atoms with Crippen molar-refractivity contribution in [2.24, 2.45) is 0 Å². The number of carbonyl (C=O) groups is 1. The highest BCUT2D eigenvalue weighted by Crippen LogP contribution is 2.21. The van der Waals surface area contributed by atoms with Gasteiger partial charge in [0.05, 0.1) is 0 Å². The lowest BCUT2D eigenvalue weighted by Crippen LogP contribution is -2.15. The maximum absolute atomic E-state index is 11.9. The summed E-state index contributed by atoms with van der Waals surface area (Å²) in [7, 11) is 0.